The predicted octanol–water partition coefficient (Wildman–Crippen LogP) is 1.94. The van der Waals surface area contributed by atoms with Gasteiger partial charge < -0.3 is 20.1 Å². The van der Waals surface area contributed by atoms with E-state index in [9.17, 15) is 0 Å². The molecule has 26 heavy (non-hydrogen) atoms. The van der Waals surface area contributed by atoms with Crippen molar-refractivity contribution in [2.24, 2.45) is 22.2 Å². The number of nitrogens with zero attached hydrogens (tertiary/aromatic N) is 2. The van der Waals surface area contributed by atoms with E-state index in [4.69, 9.17) is 9.47 Å². The van der Waals surface area contributed by atoms with Crippen molar-refractivity contribution >= 4 is 29.9 Å². The Hall–Kier alpha value is -0.120. The average molecular weight is 480 g/mol. The first kappa shape index (κ1) is 22.2. The van der Waals surface area contributed by atoms with E-state index in [1.807, 2.05) is 7.05 Å². The molecule has 0 bridgehead atoms. The maximum absolute atomic E-state index is 5.93. The lowest BCUT2D eigenvalue weighted by molar-refractivity contribution is -0.107. The number of fused-ring (bicyclic) bond motifs is 1. The zero-order valence-electron chi connectivity index (χ0n) is 17.0. The summed E-state index contributed by atoms with van der Waals surface area (Å²) < 4.78 is 11.8. The topological polar surface area (TPSA) is 58.1 Å². The number of rotatable bonds is 5. The lowest BCUT2D eigenvalue weighted by Crippen LogP contribution is -2.68. The van der Waals surface area contributed by atoms with E-state index >= 15 is 0 Å². The summed E-state index contributed by atoms with van der Waals surface area (Å²) in [5.41, 5.74) is 0.161. The van der Waals surface area contributed by atoms with Gasteiger partial charge in [0, 0.05) is 57.2 Å². The third-order valence-corrected chi connectivity index (χ3v) is 5.96. The fraction of sp³-hybridized carbons (Fsp3) is 0.947. The molecule has 1 aliphatic carbocycles. The molecule has 2 aliphatic heterocycles. The number of halogens is 1. The Bertz CT molecular complexity index is 486. The van der Waals surface area contributed by atoms with Crippen molar-refractivity contribution in [2.75, 3.05) is 46.4 Å². The van der Waals surface area contributed by atoms with Crippen LogP contribution in [0.2, 0.25) is 0 Å². The fourth-order valence-electron chi connectivity index (χ4n) is 4.76. The highest BCUT2D eigenvalue weighted by molar-refractivity contribution is 14.0. The largest absolute Gasteiger partial charge is 0.377 e. The normalized spacial score (nSPS) is 34.0. The molecule has 2 N–H and O–H groups in total. The van der Waals surface area contributed by atoms with E-state index in [0.29, 0.717) is 24.0 Å². The molecule has 0 spiro atoms. The van der Waals surface area contributed by atoms with Gasteiger partial charge in [0.2, 0.25) is 0 Å². The molecular formula is C19H37IN4O2. The van der Waals surface area contributed by atoms with Gasteiger partial charge in [0.25, 0.3) is 0 Å². The monoisotopic (exact) mass is 480 g/mol. The number of aliphatic imine (C=N–C) groups is 1. The quantitative estimate of drug-likeness (QED) is 0.358. The number of nitrogens with one attached hydrogen (secondary N) is 2. The molecule has 0 amide bonds. The van der Waals surface area contributed by atoms with Crippen LogP contribution in [0.5, 0.6) is 0 Å². The van der Waals surface area contributed by atoms with Gasteiger partial charge in [-0.3, -0.25) is 9.89 Å². The first-order valence-electron chi connectivity index (χ1n) is 9.84. The van der Waals surface area contributed by atoms with Gasteiger partial charge in [0.15, 0.2) is 5.96 Å². The number of morpholine rings is 1. The molecule has 0 aromatic heterocycles. The van der Waals surface area contributed by atoms with Crippen molar-refractivity contribution in [1.82, 2.24) is 15.5 Å². The highest BCUT2D eigenvalue weighted by Crippen LogP contribution is 2.52. The van der Waals surface area contributed by atoms with Gasteiger partial charge in [0.1, 0.15) is 0 Å². The fourth-order valence-corrected chi connectivity index (χ4v) is 4.76. The van der Waals surface area contributed by atoms with Crippen LogP contribution in [-0.4, -0.2) is 75.5 Å². The van der Waals surface area contributed by atoms with Crippen molar-refractivity contribution < 1.29 is 9.47 Å². The van der Waals surface area contributed by atoms with E-state index in [1.165, 1.54) is 0 Å². The lowest BCUT2D eigenvalue weighted by atomic mass is 9.57. The van der Waals surface area contributed by atoms with Crippen LogP contribution in [0.1, 0.15) is 34.1 Å². The predicted molar refractivity (Wildman–Crippen MR) is 116 cm³/mol. The minimum atomic E-state index is 0. The molecule has 1 saturated carbocycles. The Kier molecular flexibility index (Phi) is 8.00. The molecule has 6 nitrogen and oxygen atoms in total. The van der Waals surface area contributed by atoms with Gasteiger partial charge >= 0.3 is 0 Å². The second-order valence-corrected chi connectivity index (χ2v) is 8.79. The van der Waals surface area contributed by atoms with Crippen molar-refractivity contribution in [3.8, 4) is 0 Å². The third-order valence-electron chi connectivity index (χ3n) is 5.96. The maximum Gasteiger partial charge on any atom is 0.191 e. The molecule has 0 aromatic rings. The zero-order valence-corrected chi connectivity index (χ0v) is 19.3. The summed E-state index contributed by atoms with van der Waals surface area (Å²) in [5, 5.41) is 7.11. The van der Waals surface area contributed by atoms with Crippen molar-refractivity contribution in [3.63, 3.8) is 0 Å². The Labute approximate surface area is 175 Å². The highest BCUT2D eigenvalue weighted by Gasteiger charge is 2.59. The minimum absolute atomic E-state index is 0. The van der Waals surface area contributed by atoms with Gasteiger partial charge in [-0.1, -0.05) is 27.7 Å². The summed E-state index contributed by atoms with van der Waals surface area (Å²) >= 11 is 0. The van der Waals surface area contributed by atoms with Crippen LogP contribution in [0, 0.1) is 17.3 Å². The molecule has 0 radical (unpaired) electrons. The number of guanidine groups is 1. The molecule has 4 atom stereocenters. The van der Waals surface area contributed by atoms with Crippen molar-refractivity contribution in [3.05, 3.63) is 0 Å². The summed E-state index contributed by atoms with van der Waals surface area (Å²) in [6.45, 7) is 14.8. The summed E-state index contributed by atoms with van der Waals surface area (Å²) in [4.78, 5) is 6.93. The first-order valence-corrected chi connectivity index (χ1v) is 9.84. The lowest BCUT2D eigenvalue weighted by Gasteiger charge is -2.55. The first-order chi connectivity index (χ1) is 11.9. The van der Waals surface area contributed by atoms with Crippen molar-refractivity contribution in [1.29, 1.82) is 0 Å². The Balaban J connectivity index is 0.00000243. The highest BCUT2D eigenvalue weighted by atomic mass is 127. The van der Waals surface area contributed by atoms with E-state index < -0.39 is 0 Å². The van der Waals surface area contributed by atoms with Gasteiger partial charge in [-0.15, -0.1) is 24.0 Å². The third kappa shape index (κ3) is 4.83. The van der Waals surface area contributed by atoms with Gasteiger partial charge in [-0.2, -0.15) is 0 Å². The number of hydrogen-bond acceptors (Lipinski definition) is 4. The van der Waals surface area contributed by atoms with Crippen LogP contribution >= 0.6 is 24.0 Å². The van der Waals surface area contributed by atoms with Crippen LogP contribution in [0.15, 0.2) is 4.99 Å². The summed E-state index contributed by atoms with van der Waals surface area (Å²) in [6.07, 6.45) is 1.77. The van der Waals surface area contributed by atoms with Crippen LogP contribution in [0.25, 0.3) is 0 Å². The van der Waals surface area contributed by atoms with E-state index in [-0.39, 0.29) is 35.5 Å². The molecule has 4 unspecified atom stereocenters. The molecule has 2 saturated heterocycles. The number of ether oxygens (including phenoxy) is 2. The molecule has 3 aliphatic rings. The van der Waals surface area contributed by atoms with Crippen molar-refractivity contribution in [2.45, 2.75) is 52.4 Å². The molecular weight excluding hydrogens is 443 g/mol. The summed E-state index contributed by atoms with van der Waals surface area (Å²) in [7, 11) is 1.84. The van der Waals surface area contributed by atoms with Crippen LogP contribution < -0.4 is 10.6 Å². The minimum Gasteiger partial charge on any atom is -0.377 e. The molecule has 2 heterocycles. The van der Waals surface area contributed by atoms with Crippen LogP contribution in [0.3, 0.4) is 0 Å². The Morgan fingerprint density at radius 3 is 2.73 bits per heavy atom. The van der Waals surface area contributed by atoms with Crippen LogP contribution in [0.4, 0.5) is 0 Å². The van der Waals surface area contributed by atoms with Gasteiger partial charge in [-0.25, -0.2) is 0 Å². The van der Waals surface area contributed by atoms with Crippen LogP contribution in [-0.2, 0) is 9.47 Å². The molecule has 0 aromatic carbocycles. The van der Waals surface area contributed by atoms with Gasteiger partial charge in [-0.05, 0) is 12.3 Å². The maximum atomic E-state index is 5.93. The SMILES string of the molecule is CN=C(NCC1CN(CC(C)C)CCO1)NC1C2CCOC2C1(C)C.I. The zero-order chi connectivity index (χ0) is 18.0. The summed E-state index contributed by atoms with van der Waals surface area (Å²) in [6, 6.07) is 0.427. The smallest absolute Gasteiger partial charge is 0.191 e. The van der Waals surface area contributed by atoms with E-state index in [1.54, 1.807) is 0 Å². The number of hydrogen-bond donors (Lipinski definition) is 2. The molecule has 3 rings (SSSR count). The molecule has 3 fully saturated rings. The average Bonchev–Trinajstić information content (AvgIpc) is 3.02. The molecule has 152 valence electrons. The standard InChI is InChI=1S/C19H36N4O2.HI/c1-13(2)11-23-7-9-24-14(12-23)10-21-18(20-5)22-16-15-6-8-25-17(15)19(16,3)4;/h13-17H,6-12H2,1-5H3,(H2,20,21,22);1H. The van der Waals surface area contributed by atoms with E-state index in [0.717, 1.165) is 51.8 Å². The second kappa shape index (κ2) is 9.39. The summed E-state index contributed by atoms with van der Waals surface area (Å²) in [5.74, 6) is 2.19. The van der Waals surface area contributed by atoms with Gasteiger partial charge in [0.05, 0.1) is 18.8 Å². The Morgan fingerprint density at radius 1 is 1.27 bits per heavy atom. The van der Waals surface area contributed by atoms with E-state index in [2.05, 4.69) is 48.2 Å². The molecule has 7 heteroatoms. The second-order valence-electron chi connectivity index (χ2n) is 8.79. The Morgan fingerprint density at radius 2 is 2.04 bits per heavy atom.